The van der Waals surface area contributed by atoms with Crippen molar-refractivity contribution in [3.63, 3.8) is 0 Å². The molecule has 1 aliphatic carbocycles. The predicted molar refractivity (Wildman–Crippen MR) is 89.5 cm³/mol. The zero-order valence-electron chi connectivity index (χ0n) is 13.4. The number of hydrogen-bond acceptors (Lipinski definition) is 4. The molecule has 23 heavy (non-hydrogen) atoms. The molecule has 1 heterocycles. The second kappa shape index (κ2) is 5.96. The van der Waals surface area contributed by atoms with Crippen molar-refractivity contribution in [1.82, 2.24) is 5.32 Å². The first-order chi connectivity index (χ1) is 10.9. The number of amidine groups is 1. The molecule has 1 N–H and O–H groups in total. The average Bonchev–Trinajstić information content (AvgIpc) is 3.30. The lowest BCUT2D eigenvalue weighted by Gasteiger charge is -2.29. The number of nitrogens with zero attached hydrogens (tertiary/aromatic N) is 2. The minimum Gasteiger partial charge on any atom is -0.349 e. The number of benzene rings is 1. The van der Waals surface area contributed by atoms with Crippen LogP contribution in [0.1, 0.15) is 49.9 Å². The van der Waals surface area contributed by atoms with Gasteiger partial charge in [0.25, 0.3) is 15.9 Å². The lowest BCUT2D eigenvalue weighted by Crippen LogP contribution is -2.35. The van der Waals surface area contributed by atoms with Crippen LogP contribution in [0.3, 0.4) is 0 Å². The van der Waals surface area contributed by atoms with E-state index < -0.39 is 10.0 Å². The zero-order valence-corrected chi connectivity index (χ0v) is 14.2. The highest BCUT2D eigenvalue weighted by Crippen LogP contribution is 2.33. The summed E-state index contributed by atoms with van der Waals surface area (Å²) in [6.45, 7) is 4.49. The van der Waals surface area contributed by atoms with Crippen molar-refractivity contribution < 1.29 is 13.2 Å². The number of fused-ring (bicyclic) bond motifs is 1. The van der Waals surface area contributed by atoms with Gasteiger partial charge in [-0.05, 0) is 44.4 Å². The van der Waals surface area contributed by atoms with E-state index in [1.54, 1.807) is 19.1 Å². The molecule has 0 saturated heterocycles. The van der Waals surface area contributed by atoms with Gasteiger partial charge >= 0.3 is 0 Å². The summed E-state index contributed by atoms with van der Waals surface area (Å²) < 4.78 is 28.6. The number of anilines is 1. The molecular weight excluding hydrogens is 314 g/mol. The maximum Gasteiger partial charge on any atom is 0.286 e. The molecule has 1 aromatic rings. The van der Waals surface area contributed by atoms with Crippen molar-refractivity contribution in [2.75, 3.05) is 11.4 Å². The number of carbonyl (C=O) groups is 1. The minimum atomic E-state index is -3.75. The number of hydrogen-bond donors (Lipinski definition) is 1. The first-order valence-corrected chi connectivity index (χ1v) is 9.40. The van der Waals surface area contributed by atoms with E-state index in [1.165, 1.54) is 6.07 Å². The summed E-state index contributed by atoms with van der Waals surface area (Å²) in [6, 6.07) is 5.07. The Morgan fingerprint density at radius 3 is 2.78 bits per heavy atom. The fourth-order valence-corrected chi connectivity index (χ4v) is 3.89. The largest absolute Gasteiger partial charge is 0.349 e. The molecular formula is C16H21N3O3S. The standard InChI is InChI=1S/C16H21N3O3S/c1-3-4-9-19-11(2)18-23(21,22)15-10-12(5-8-14(15)19)16(20)17-13-6-7-13/h5,8,10,13H,3-4,6-7,9H2,1-2H3,(H,17,20). The van der Waals surface area contributed by atoms with Gasteiger partial charge in [-0.2, -0.15) is 8.42 Å². The van der Waals surface area contributed by atoms with Crippen molar-refractivity contribution >= 4 is 27.5 Å². The van der Waals surface area contributed by atoms with Crippen LogP contribution in [0.5, 0.6) is 0 Å². The van der Waals surface area contributed by atoms with Gasteiger partial charge in [0.15, 0.2) is 0 Å². The highest BCUT2D eigenvalue weighted by molar-refractivity contribution is 7.90. The SMILES string of the molecule is CCCCN1C(C)=NS(=O)(=O)c2cc(C(=O)NC3CC3)ccc21. The van der Waals surface area contributed by atoms with Gasteiger partial charge in [-0.15, -0.1) is 4.40 Å². The third-order valence-electron chi connectivity index (χ3n) is 4.08. The number of unbranched alkanes of at least 4 members (excludes halogenated alkanes) is 1. The Labute approximate surface area is 136 Å². The molecule has 2 aliphatic rings. The maximum atomic E-state index is 12.4. The molecule has 3 rings (SSSR count). The first-order valence-electron chi connectivity index (χ1n) is 7.96. The Hall–Kier alpha value is -1.89. The molecule has 6 nitrogen and oxygen atoms in total. The van der Waals surface area contributed by atoms with Crippen molar-refractivity contribution in [3.05, 3.63) is 23.8 Å². The maximum absolute atomic E-state index is 12.4. The van der Waals surface area contributed by atoms with Gasteiger partial charge in [-0.25, -0.2) is 0 Å². The van der Waals surface area contributed by atoms with Crippen LogP contribution in [0, 0.1) is 0 Å². The Balaban J connectivity index is 1.97. The van der Waals surface area contributed by atoms with Gasteiger partial charge in [0.2, 0.25) is 0 Å². The summed E-state index contributed by atoms with van der Waals surface area (Å²) >= 11 is 0. The van der Waals surface area contributed by atoms with Crippen molar-refractivity contribution in [1.29, 1.82) is 0 Å². The number of rotatable bonds is 5. The Kier molecular flexibility index (Phi) is 4.14. The molecule has 0 atom stereocenters. The molecule has 1 aromatic carbocycles. The van der Waals surface area contributed by atoms with E-state index in [1.807, 2.05) is 4.90 Å². The van der Waals surface area contributed by atoms with E-state index in [4.69, 9.17) is 0 Å². The van der Waals surface area contributed by atoms with E-state index in [0.717, 1.165) is 25.7 Å². The summed E-state index contributed by atoms with van der Waals surface area (Å²) in [6.07, 6.45) is 3.93. The van der Waals surface area contributed by atoms with Crippen LogP contribution < -0.4 is 10.2 Å². The van der Waals surface area contributed by atoms with Crippen molar-refractivity contribution in [2.24, 2.45) is 4.40 Å². The van der Waals surface area contributed by atoms with Crippen LogP contribution in [0.25, 0.3) is 0 Å². The molecule has 1 saturated carbocycles. The fraction of sp³-hybridized carbons (Fsp3) is 0.500. The molecule has 124 valence electrons. The van der Waals surface area contributed by atoms with Gasteiger partial charge in [0, 0.05) is 18.2 Å². The monoisotopic (exact) mass is 335 g/mol. The van der Waals surface area contributed by atoms with Gasteiger partial charge in [0.1, 0.15) is 10.7 Å². The highest BCUT2D eigenvalue weighted by Gasteiger charge is 2.30. The molecule has 1 fully saturated rings. The van der Waals surface area contributed by atoms with E-state index in [9.17, 15) is 13.2 Å². The van der Waals surface area contributed by atoms with E-state index in [0.29, 0.717) is 23.6 Å². The number of amides is 1. The Morgan fingerprint density at radius 2 is 2.13 bits per heavy atom. The Morgan fingerprint density at radius 1 is 1.39 bits per heavy atom. The molecule has 0 bridgehead atoms. The van der Waals surface area contributed by atoms with Crippen molar-refractivity contribution in [3.8, 4) is 0 Å². The third kappa shape index (κ3) is 3.24. The second-order valence-corrected chi connectivity index (χ2v) is 7.62. The second-order valence-electron chi connectivity index (χ2n) is 6.05. The summed E-state index contributed by atoms with van der Waals surface area (Å²) in [7, 11) is -3.75. The van der Waals surface area contributed by atoms with Gasteiger partial charge < -0.3 is 10.2 Å². The number of nitrogens with one attached hydrogen (secondary N) is 1. The van der Waals surface area contributed by atoms with E-state index in [2.05, 4.69) is 16.6 Å². The summed E-state index contributed by atoms with van der Waals surface area (Å²) in [5.41, 5.74) is 0.971. The first kappa shape index (κ1) is 16.0. The minimum absolute atomic E-state index is 0.114. The van der Waals surface area contributed by atoms with Crippen LogP contribution in [0.4, 0.5) is 5.69 Å². The summed E-state index contributed by atoms with van der Waals surface area (Å²) in [5, 5.41) is 2.88. The highest BCUT2D eigenvalue weighted by atomic mass is 32.2. The van der Waals surface area contributed by atoms with E-state index in [-0.39, 0.29) is 16.8 Å². The van der Waals surface area contributed by atoms with E-state index >= 15 is 0 Å². The number of carbonyl (C=O) groups excluding carboxylic acids is 1. The smallest absolute Gasteiger partial charge is 0.286 e. The van der Waals surface area contributed by atoms with Gasteiger partial charge in [-0.1, -0.05) is 13.3 Å². The average molecular weight is 335 g/mol. The van der Waals surface area contributed by atoms with Crippen LogP contribution in [0.2, 0.25) is 0 Å². The van der Waals surface area contributed by atoms with Gasteiger partial charge in [-0.3, -0.25) is 4.79 Å². The lowest BCUT2D eigenvalue weighted by molar-refractivity contribution is 0.0951. The summed E-state index contributed by atoms with van der Waals surface area (Å²) in [5.74, 6) is 0.248. The number of sulfonamides is 1. The van der Waals surface area contributed by atoms with Crippen LogP contribution in [-0.4, -0.2) is 32.7 Å². The summed E-state index contributed by atoms with van der Waals surface area (Å²) in [4.78, 5) is 14.2. The molecule has 0 unspecified atom stereocenters. The molecule has 0 aromatic heterocycles. The molecule has 0 spiro atoms. The van der Waals surface area contributed by atoms with Crippen LogP contribution in [-0.2, 0) is 10.0 Å². The Bertz CT molecular complexity index is 767. The normalized spacial score (nSPS) is 19.0. The van der Waals surface area contributed by atoms with Gasteiger partial charge in [0.05, 0.1) is 5.69 Å². The topological polar surface area (TPSA) is 78.8 Å². The zero-order chi connectivity index (χ0) is 16.6. The molecule has 0 radical (unpaired) electrons. The lowest BCUT2D eigenvalue weighted by atomic mass is 10.1. The fourth-order valence-electron chi connectivity index (χ4n) is 2.63. The molecule has 1 amide bonds. The third-order valence-corrected chi connectivity index (χ3v) is 5.47. The quantitative estimate of drug-likeness (QED) is 0.895. The van der Waals surface area contributed by atoms with Crippen LogP contribution >= 0.6 is 0 Å². The predicted octanol–water partition coefficient (Wildman–Crippen LogP) is 2.31. The van der Waals surface area contributed by atoms with Crippen molar-refractivity contribution in [2.45, 2.75) is 50.5 Å². The molecule has 1 aliphatic heterocycles. The molecule has 7 heteroatoms. The van der Waals surface area contributed by atoms with Crippen LogP contribution in [0.15, 0.2) is 27.5 Å².